The van der Waals surface area contributed by atoms with Crippen LogP contribution in [0.5, 0.6) is 0 Å². The Balaban J connectivity index is 1.47. The highest BCUT2D eigenvalue weighted by Crippen LogP contribution is 2.42. The summed E-state index contributed by atoms with van der Waals surface area (Å²) in [6, 6.07) is 12.5. The highest BCUT2D eigenvalue weighted by atomic mass is 19.1. The van der Waals surface area contributed by atoms with Crippen LogP contribution in [0.15, 0.2) is 42.5 Å². The Bertz CT molecular complexity index is 819. The molecule has 1 saturated carbocycles. The van der Waals surface area contributed by atoms with Gasteiger partial charge in [0.2, 0.25) is 0 Å². The maximum atomic E-state index is 14.3. The van der Waals surface area contributed by atoms with Gasteiger partial charge in [0.25, 0.3) is 0 Å². The summed E-state index contributed by atoms with van der Waals surface area (Å²) in [6.45, 7) is 1.43. The fourth-order valence-electron chi connectivity index (χ4n) is 3.81. The molecular formula is C21H23FN2O2. The van der Waals surface area contributed by atoms with Crippen LogP contribution >= 0.6 is 0 Å². The molecule has 1 heterocycles. The predicted octanol–water partition coefficient (Wildman–Crippen LogP) is 3.31. The third kappa shape index (κ3) is 3.44. The summed E-state index contributed by atoms with van der Waals surface area (Å²) in [5.74, 6) is -0.729. The maximum absolute atomic E-state index is 14.3. The smallest absolute Gasteiger partial charge is 0.322 e. The van der Waals surface area contributed by atoms with Gasteiger partial charge in [0.05, 0.1) is 0 Å². The Kier molecular flexibility index (Phi) is 4.64. The van der Waals surface area contributed by atoms with Crippen LogP contribution in [0.4, 0.5) is 10.1 Å². The van der Waals surface area contributed by atoms with Gasteiger partial charge in [-0.2, -0.15) is 0 Å². The number of benzene rings is 2. The molecule has 0 saturated heterocycles. The van der Waals surface area contributed by atoms with Crippen molar-refractivity contribution in [1.29, 1.82) is 0 Å². The lowest BCUT2D eigenvalue weighted by atomic mass is 10.0. The molecule has 2 aromatic rings. The summed E-state index contributed by atoms with van der Waals surface area (Å²) >= 11 is 0. The van der Waals surface area contributed by atoms with E-state index in [1.807, 2.05) is 24.3 Å². The molecule has 1 atom stereocenters. The molecule has 2 N–H and O–H groups in total. The Labute approximate surface area is 152 Å². The van der Waals surface area contributed by atoms with Gasteiger partial charge in [-0.25, -0.2) is 4.39 Å². The molecule has 136 valence electrons. The van der Waals surface area contributed by atoms with Gasteiger partial charge in [-0.05, 0) is 48.4 Å². The van der Waals surface area contributed by atoms with Gasteiger partial charge >= 0.3 is 5.97 Å². The first-order valence-electron chi connectivity index (χ1n) is 9.20. The molecule has 1 fully saturated rings. The molecule has 0 amide bonds. The van der Waals surface area contributed by atoms with Crippen LogP contribution in [-0.2, 0) is 17.8 Å². The van der Waals surface area contributed by atoms with Crippen molar-refractivity contribution in [2.24, 2.45) is 0 Å². The lowest BCUT2D eigenvalue weighted by Gasteiger charge is -2.25. The van der Waals surface area contributed by atoms with Crippen molar-refractivity contribution in [1.82, 2.24) is 5.32 Å². The highest BCUT2D eigenvalue weighted by molar-refractivity contribution is 5.75. The van der Waals surface area contributed by atoms with Crippen LogP contribution in [0.25, 0.3) is 0 Å². The number of carboxylic acids is 1. The Morgan fingerprint density at radius 2 is 2.04 bits per heavy atom. The second-order valence-corrected chi connectivity index (χ2v) is 7.18. The van der Waals surface area contributed by atoms with Crippen LogP contribution in [0.2, 0.25) is 0 Å². The number of hydrogen-bond acceptors (Lipinski definition) is 3. The van der Waals surface area contributed by atoms with Crippen LogP contribution in [0.1, 0.15) is 35.4 Å². The van der Waals surface area contributed by atoms with Crippen molar-refractivity contribution in [2.45, 2.75) is 37.8 Å². The van der Waals surface area contributed by atoms with Crippen LogP contribution < -0.4 is 10.2 Å². The number of aliphatic carboxylic acids is 1. The lowest BCUT2D eigenvalue weighted by Crippen LogP contribution is -2.45. The normalized spacial score (nSPS) is 17.2. The molecule has 1 aliphatic heterocycles. The summed E-state index contributed by atoms with van der Waals surface area (Å²) in [5.41, 5.74) is 3.99. The van der Waals surface area contributed by atoms with Crippen molar-refractivity contribution in [2.75, 3.05) is 18.0 Å². The minimum absolute atomic E-state index is 0.241. The standard InChI is InChI=1S/C21H23FN2O2/c22-18-6-3-5-16(14-8-9-14)17(18)12-23-19(21(25)26)13-24-11-10-15-4-1-2-7-20(15)24/h1-7,14,19,23H,8-13H2,(H,25,26). The summed E-state index contributed by atoms with van der Waals surface area (Å²) in [6.07, 6.45) is 3.11. The van der Waals surface area contributed by atoms with E-state index in [0.29, 0.717) is 18.0 Å². The molecule has 2 aromatic carbocycles. The van der Waals surface area contributed by atoms with Crippen molar-refractivity contribution >= 4 is 11.7 Å². The number of carbonyl (C=O) groups is 1. The van der Waals surface area contributed by atoms with E-state index >= 15 is 0 Å². The van der Waals surface area contributed by atoms with Gasteiger partial charge in [0, 0.05) is 30.9 Å². The number of hydrogen-bond donors (Lipinski definition) is 2. The van der Waals surface area contributed by atoms with E-state index in [1.54, 1.807) is 6.07 Å². The zero-order valence-electron chi connectivity index (χ0n) is 14.6. The minimum atomic E-state index is -0.904. The van der Waals surface area contributed by atoms with E-state index in [1.165, 1.54) is 11.6 Å². The fourth-order valence-corrected chi connectivity index (χ4v) is 3.81. The lowest BCUT2D eigenvalue weighted by molar-refractivity contribution is -0.139. The summed E-state index contributed by atoms with van der Waals surface area (Å²) in [7, 11) is 0. The first-order chi connectivity index (χ1) is 12.6. The molecule has 4 rings (SSSR count). The van der Waals surface area contributed by atoms with E-state index < -0.39 is 12.0 Å². The van der Waals surface area contributed by atoms with Crippen LogP contribution in [-0.4, -0.2) is 30.2 Å². The van der Waals surface area contributed by atoms with E-state index in [-0.39, 0.29) is 12.4 Å². The number of rotatable bonds is 7. The molecule has 4 nitrogen and oxygen atoms in total. The largest absolute Gasteiger partial charge is 0.480 e. The van der Waals surface area contributed by atoms with Gasteiger partial charge in [0.1, 0.15) is 11.9 Å². The quantitative estimate of drug-likeness (QED) is 0.801. The third-order valence-corrected chi connectivity index (χ3v) is 5.38. The molecule has 0 aromatic heterocycles. The Hall–Kier alpha value is -2.40. The van der Waals surface area contributed by atoms with E-state index in [9.17, 15) is 14.3 Å². The maximum Gasteiger partial charge on any atom is 0.322 e. The number of fused-ring (bicyclic) bond motifs is 1. The molecule has 0 spiro atoms. The molecule has 2 aliphatic rings. The molecule has 26 heavy (non-hydrogen) atoms. The zero-order valence-corrected chi connectivity index (χ0v) is 14.6. The molecule has 1 unspecified atom stereocenters. The Morgan fingerprint density at radius 3 is 2.81 bits per heavy atom. The van der Waals surface area contributed by atoms with Gasteiger partial charge in [-0.3, -0.25) is 10.1 Å². The predicted molar refractivity (Wildman–Crippen MR) is 99.0 cm³/mol. The second kappa shape index (κ2) is 7.08. The van der Waals surface area contributed by atoms with E-state index in [4.69, 9.17) is 0 Å². The third-order valence-electron chi connectivity index (χ3n) is 5.38. The Morgan fingerprint density at radius 1 is 1.23 bits per heavy atom. The monoisotopic (exact) mass is 354 g/mol. The summed E-state index contributed by atoms with van der Waals surface area (Å²) < 4.78 is 14.3. The average Bonchev–Trinajstić information content (AvgIpc) is 3.40. The van der Waals surface area contributed by atoms with Gasteiger partial charge in [-0.15, -0.1) is 0 Å². The number of nitrogens with one attached hydrogen (secondary N) is 1. The average molecular weight is 354 g/mol. The summed E-state index contributed by atoms with van der Waals surface area (Å²) in [5, 5.41) is 12.7. The SMILES string of the molecule is O=C(O)C(CN1CCc2ccccc21)NCc1c(F)cccc1C1CC1. The molecule has 0 bridgehead atoms. The van der Waals surface area contributed by atoms with E-state index in [2.05, 4.69) is 16.3 Å². The molecule has 0 radical (unpaired) electrons. The van der Waals surface area contributed by atoms with Gasteiger partial charge in [0.15, 0.2) is 0 Å². The first kappa shape index (κ1) is 17.0. The van der Waals surface area contributed by atoms with Crippen molar-refractivity contribution in [3.8, 4) is 0 Å². The number of anilines is 1. The number of nitrogens with zero attached hydrogens (tertiary/aromatic N) is 1. The first-order valence-corrected chi connectivity index (χ1v) is 9.20. The molecule has 1 aliphatic carbocycles. The molecule has 5 heteroatoms. The highest BCUT2D eigenvalue weighted by Gasteiger charge is 2.29. The van der Waals surface area contributed by atoms with Crippen molar-refractivity contribution in [3.05, 3.63) is 65.0 Å². The zero-order chi connectivity index (χ0) is 18.1. The molecular weight excluding hydrogens is 331 g/mol. The summed E-state index contributed by atoms with van der Waals surface area (Å²) in [4.78, 5) is 13.9. The number of halogens is 1. The van der Waals surface area contributed by atoms with Crippen molar-refractivity contribution in [3.63, 3.8) is 0 Å². The second-order valence-electron chi connectivity index (χ2n) is 7.18. The van der Waals surface area contributed by atoms with Crippen LogP contribution in [0, 0.1) is 5.82 Å². The number of carboxylic acid groups (broad SMARTS) is 1. The fraction of sp³-hybridized carbons (Fsp3) is 0.381. The number of para-hydroxylation sites is 1. The van der Waals surface area contributed by atoms with Crippen LogP contribution in [0.3, 0.4) is 0 Å². The van der Waals surface area contributed by atoms with Gasteiger partial charge in [-0.1, -0.05) is 30.3 Å². The topological polar surface area (TPSA) is 52.6 Å². The van der Waals surface area contributed by atoms with Gasteiger partial charge < -0.3 is 10.0 Å². The van der Waals surface area contributed by atoms with Crippen molar-refractivity contribution < 1.29 is 14.3 Å². The van der Waals surface area contributed by atoms with E-state index in [0.717, 1.165) is 37.1 Å². The minimum Gasteiger partial charge on any atom is -0.480 e.